The molecule has 0 N–H and O–H groups in total. The zero-order valence-electron chi connectivity index (χ0n) is 17.1. The average Bonchev–Trinajstić information content (AvgIpc) is 3.39. The minimum atomic E-state index is -3.80. The molecule has 0 radical (unpaired) electrons. The number of aryl methyl sites for hydroxylation is 3. The van der Waals surface area contributed by atoms with Crippen molar-refractivity contribution in [1.82, 2.24) is 10.1 Å². The van der Waals surface area contributed by atoms with Crippen LogP contribution >= 0.6 is 11.3 Å². The smallest absolute Gasteiger partial charge is 0.269 e. The topological polar surface area (TPSA) is 76.3 Å². The third-order valence-corrected chi connectivity index (χ3v) is 7.91. The SMILES string of the molecule is Cc1ccc(-c2noc(-c3sccc3S(=O)(=O)N(C)c3ccc(C)c(C)c3)n2)cc1. The normalized spacial score (nSPS) is 11.6. The number of aromatic nitrogens is 2. The predicted octanol–water partition coefficient (Wildman–Crippen LogP) is 5.22. The molecule has 154 valence electrons. The van der Waals surface area contributed by atoms with E-state index in [2.05, 4.69) is 10.1 Å². The molecule has 0 aliphatic rings. The molecule has 30 heavy (non-hydrogen) atoms. The van der Waals surface area contributed by atoms with Gasteiger partial charge in [-0.05, 0) is 55.5 Å². The van der Waals surface area contributed by atoms with Crippen LogP contribution in [0.15, 0.2) is 63.3 Å². The van der Waals surface area contributed by atoms with E-state index in [1.165, 1.54) is 15.6 Å². The average molecular weight is 440 g/mol. The van der Waals surface area contributed by atoms with Gasteiger partial charge in [0.05, 0.1) is 5.69 Å². The summed E-state index contributed by atoms with van der Waals surface area (Å²) in [6.45, 7) is 5.95. The van der Waals surface area contributed by atoms with E-state index >= 15 is 0 Å². The van der Waals surface area contributed by atoms with Crippen LogP contribution < -0.4 is 4.31 Å². The van der Waals surface area contributed by atoms with Crippen LogP contribution in [0.3, 0.4) is 0 Å². The zero-order valence-corrected chi connectivity index (χ0v) is 18.7. The van der Waals surface area contributed by atoms with Gasteiger partial charge in [0.15, 0.2) is 0 Å². The summed E-state index contributed by atoms with van der Waals surface area (Å²) in [6.07, 6.45) is 0. The Morgan fingerprint density at radius 1 is 0.967 bits per heavy atom. The Labute approximate surface area is 179 Å². The van der Waals surface area contributed by atoms with Crippen LogP contribution in [-0.2, 0) is 10.0 Å². The summed E-state index contributed by atoms with van der Waals surface area (Å²) in [7, 11) is -2.25. The molecule has 2 aromatic carbocycles. The highest BCUT2D eigenvalue weighted by molar-refractivity contribution is 7.93. The van der Waals surface area contributed by atoms with E-state index in [1.807, 2.05) is 57.2 Å². The third-order valence-electron chi connectivity index (χ3n) is 5.05. The Morgan fingerprint density at radius 3 is 2.40 bits per heavy atom. The van der Waals surface area contributed by atoms with Crippen LogP contribution in [0.25, 0.3) is 22.2 Å². The Morgan fingerprint density at radius 2 is 1.70 bits per heavy atom. The summed E-state index contributed by atoms with van der Waals surface area (Å²) in [6, 6.07) is 14.9. The zero-order chi connectivity index (χ0) is 21.5. The number of anilines is 1. The number of sulfonamides is 1. The van der Waals surface area contributed by atoms with Gasteiger partial charge < -0.3 is 4.52 Å². The van der Waals surface area contributed by atoms with Gasteiger partial charge in [-0.15, -0.1) is 11.3 Å². The van der Waals surface area contributed by atoms with Crippen LogP contribution in [0.2, 0.25) is 0 Å². The molecule has 0 saturated carbocycles. The van der Waals surface area contributed by atoms with Crippen molar-refractivity contribution in [3.8, 4) is 22.2 Å². The van der Waals surface area contributed by atoms with Crippen LogP contribution in [0.1, 0.15) is 16.7 Å². The van der Waals surface area contributed by atoms with Crippen LogP contribution in [0.4, 0.5) is 5.69 Å². The van der Waals surface area contributed by atoms with E-state index in [4.69, 9.17) is 4.52 Å². The minimum Gasteiger partial charge on any atom is -0.333 e. The van der Waals surface area contributed by atoms with Gasteiger partial charge in [-0.2, -0.15) is 4.98 Å². The highest BCUT2D eigenvalue weighted by Gasteiger charge is 2.28. The van der Waals surface area contributed by atoms with E-state index in [-0.39, 0.29) is 10.8 Å². The molecule has 0 amide bonds. The summed E-state index contributed by atoms with van der Waals surface area (Å²) < 4.78 is 33.4. The Kier molecular flexibility index (Phi) is 5.21. The summed E-state index contributed by atoms with van der Waals surface area (Å²) in [4.78, 5) is 5.01. The maximum atomic E-state index is 13.3. The first-order chi connectivity index (χ1) is 14.3. The fourth-order valence-corrected chi connectivity index (χ4v) is 5.50. The Bertz CT molecular complexity index is 1310. The fraction of sp³-hybridized carbons (Fsp3) is 0.182. The molecular formula is C22H21N3O3S2. The molecule has 8 heteroatoms. The standard InChI is InChI=1S/C22H21N3O3S2/c1-14-5-8-17(9-6-14)21-23-22(28-24-21)20-19(11-12-29-20)30(26,27)25(4)18-10-7-15(2)16(3)13-18/h5-13H,1-4H3. The lowest BCUT2D eigenvalue weighted by Crippen LogP contribution is -2.26. The van der Waals surface area contributed by atoms with Gasteiger partial charge in [0.2, 0.25) is 5.82 Å². The van der Waals surface area contributed by atoms with Crippen LogP contribution in [-0.4, -0.2) is 25.6 Å². The number of rotatable bonds is 5. The predicted molar refractivity (Wildman–Crippen MR) is 119 cm³/mol. The summed E-state index contributed by atoms with van der Waals surface area (Å²) >= 11 is 1.26. The molecule has 6 nitrogen and oxygen atoms in total. The van der Waals surface area contributed by atoms with Crippen molar-refractivity contribution >= 4 is 27.0 Å². The highest BCUT2D eigenvalue weighted by atomic mass is 32.2. The molecule has 0 spiro atoms. The van der Waals surface area contributed by atoms with Gasteiger partial charge >= 0.3 is 0 Å². The second-order valence-corrected chi connectivity index (χ2v) is 10.00. The number of hydrogen-bond donors (Lipinski definition) is 0. The van der Waals surface area contributed by atoms with Gasteiger partial charge in [0, 0.05) is 12.6 Å². The first-order valence-electron chi connectivity index (χ1n) is 9.32. The minimum absolute atomic E-state index is 0.146. The first kappa shape index (κ1) is 20.3. The van der Waals surface area contributed by atoms with Crippen molar-refractivity contribution < 1.29 is 12.9 Å². The first-order valence-corrected chi connectivity index (χ1v) is 11.6. The Hall–Kier alpha value is -2.97. The van der Waals surface area contributed by atoms with Gasteiger partial charge in [0.25, 0.3) is 15.9 Å². The van der Waals surface area contributed by atoms with Crippen LogP contribution in [0.5, 0.6) is 0 Å². The number of hydrogen-bond acceptors (Lipinski definition) is 6. The second-order valence-electron chi connectivity index (χ2n) is 7.14. The molecule has 2 heterocycles. The van der Waals surface area contributed by atoms with E-state index < -0.39 is 10.0 Å². The van der Waals surface area contributed by atoms with Crippen molar-refractivity contribution in [3.05, 3.63) is 70.6 Å². The largest absolute Gasteiger partial charge is 0.333 e. The number of benzene rings is 2. The molecule has 4 rings (SSSR count). The molecule has 0 fully saturated rings. The van der Waals surface area contributed by atoms with Gasteiger partial charge in [0.1, 0.15) is 9.77 Å². The molecule has 0 unspecified atom stereocenters. The van der Waals surface area contributed by atoms with E-state index in [0.717, 1.165) is 22.3 Å². The van der Waals surface area contributed by atoms with E-state index in [9.17, 15) is 8.42 Å². The van der Waals surface area contributed by atoms with E-state index in [1.54, 1.807) is 24.6 Å². The lowest BCUT2D eigenvalue weighted by Gasteiger charge is -2.20. The van der Waals surface area contributed by atoms with Gasteiger partial charge in [-0.1, -0.05) is 41.1 Å². The van der Waals surface area contributed by atoms with Crippen LogP contribution in [0, 0.1) is 20.8 Å². The van der Waals surface area contributed by atoms with Crippen molar-refractivity contribution in [2.75, 3.05) is 11.4 Å². The molecule has 4 aromatic rings. The van der Waals surface area contributed by atoms with Gasteiger partial charge in [-0.3, -0.25) is 4.31 Å². The summed E-state index contributed by atoms with van der Waals surface area (Å²) in [5, 5.41) is 5.75. The lowest BCUT2D eigenvalue weighted by atomic mass is 10.1. The number of thiophene rings is 1. The molecule has 0 aliphatic carbocycles. The van der Waals surface area contributed by atoms with Crippen molar-refractivity contribution in [2.24, 2.45) is 0 Å². The molecular weight excluding hydrogens is 418 g/mol. The highest BCUT2D eigenvalue weighted by Crippen LogP contribution is 2.35. The van der Waals surface area contributed by atoms with Crippen molar-refractivity contribution in [2.45, 2.75) is 25.7 Å². The molecule has 0 aliphatic heterocycles. The molecule has 2 aromatic heterocycles. The maximum absolute atomic E-state index is 13.3. The molecule has 0 saturated heterocycles. The third kappa shape index (κ3) is 3.64. The van der Waals surface area contributed by atoms with E-state index in [0.29, 0.717) is 16.4 Å². The maximum Gasteiger partial charge on any atom is 0.269 e. The number of nitrogens with zero attached hydrogens (tertiary/aromatic N) is 3. The van der Waals surface area contributed by atoms with Crippen molar-refractivity contribution in [3.63, 3.8) is 0 Å². The van der Waals surface area contributed by atoms with Gasteiger partial charge in [-0.25, -0.2) is 8.42 Å². The lowest BCUT2D eigenvalue weighted by molar-refractivity contribution is 0.432. The monoisotopic (exact) mass is 439 g/mol. The summed E-state index contributed by atoms with van der Waals surface area (Å²) in [5.74, 6) is 0.608. The second kappa shape index (κ2) is 7.70. The quantitative estimate of drug-likeness (QED) is 0.426. The fourth-order valence-electron chi connectivity index (χ4n) is 3.00. The Balaban J connectivity index is 1.70. The van der Waals surface area contributed by atoms with Crippen molar-refractivity contribution in [1.29, 1.82) is 0 Å². The molecule has 0 atom stereocenters. The molecule has 0 bridgehead atoms. The summed E-state index contributed by atoms with van der Waals surface area (Å²) in [5.41, 5.74) is 4.67.